The number of nitrogens with one attached hydrogen (secondary N) is 1. The summed E-state index contributed by atoms with van der Waals surface area (Å²) in [6, 6.07) is 9.52. The zero-order valence-corrected chi connectivity index (χ0v) is 14.4. The van der Waals surface area contributed by atoms with Crippen LogP contribution >= 0.6 is 0 Å². The first-order chi connectivity index (χ1) is 12.7. The van der Waals surface area contributed by atoms with Gasteiger partial charge in [0.1, 0.15) is 24.0 Å². The second-order valence-corrected chi connectivity index (χ2v) is 6.66. The topological polar surface area (TPSA) is 90.0 Å². The van der Waals surface area contributed by atoms with Gasteiger partial charge in [0, 0.05) is 11.6 Å². The van der Waals surface area contributed by atoms with Gasteiger partial charge in [-0.1, -0.05) is 54.8 Å². The first-order valence-electron chi connectivity index (χ1n) is 8.92. The molecule has 134 valence electrons. The molecule has 1 fully saturated rings. The van der Waals surface area contributed by atoms with E-state index in [1.807, 2.05) is 30.3 Å². The molecule has 7 nitrogen and oxygen atoms in total. The summed E-state index contributed by atoms with van der Waals surface area (Å²) in [7, 11) is 0. The molecule has 1 amide bonds. The fraction of sp³-hybridized carbons (Fsp3) is 0.368. The summed E-state index contributed by atoms with van der Waals surface area (Å²) < 4.78 is 6.50. The Bertz CT molecular complexity index is 971. The molecule has 0 spiro atoms. The maximum Gasteiger partial charge on any atom is 0.267 e. The molecule has 0 radical (unpaired) electrons. The van der Waals surface area contributed by atoms with E-state index in [2.05, 4.69) is 15.5 Å². The summed E-state index contributed by atoms with van der Waals surface area (Å²) in [5, 5.41) is 7.30. The summed E-state index contributed by atoms with van der Waals surface area (Å²) in [6.45, 7) is -0.0579. The van der Waals surface area contributed by atoms with Crippen LogP contribution in [0.1, 0.15) is 32.1 Å². The minimum absolute atomic E-state index is 0.0579. The molecule has 0 saturated heterocycles. The second kappa shape index (κ2) is 7.11. The largest absolute Gasteiger partial charge is 0.352 e. The molecule has 1 aliphatic carbocycles. The number of carbonyl (C=O) groups excluding carboxylic acids is 1. The van der Waals surface area contributed by atoms with E-state index in [0.717, 1.165) is 31.2 Å². The van der Waals surface area contributed by atoms with Crippen LogP contribution in [0.5, 0.6) is 0 Å². The van der Waals surface area contributed by atoms with Gasteiger partial charge in [-0.15, -0.1) is 0 Å². The second-order valence-electron chi connectivity index (χ2n) is 6.66. The highest BCUT2D eigenvalue weighted by molar-refractivity contribution is 5.88. The van der Waals surface area contributed by atoms with E-state index < -0.39 is 0 Å². The van der Waals surface area contributed by atoms with E-state index in [-0.39, 0.29) is 29.8 Å². The molecule has 4 rings (SSSR count). The van der Waals surface area contributed by atoms with E-state index in [4.69, 9.17) is 4.52 Å². The highest BCUT2D eigenvalue weighted by Gasteiger charge is 2.19. The predicted octanol–water partition coefficient (Wildman–Crippen LogP) is 2.50. The van der Waals surface area contributed by atoms with Crippen LogP contribution in [0.15, 0.2) is 46.0 Å². The maximum absolute atomic E-state index is 12.9. The molecule has 2 aromatic heterocycles. The van der Waals surface area contributed by atoms with Gasteiger partial charge >= 0.3 is 0 Å². The van der Waals surface area contributed by atoms with Gasteiger partial charge in [0.15, 0.2) is 0 Å². The number of hydrogen-bond donors (Lipinski definition) is 1. The van der Waals surface area contributed by atoms with Crippen molar-refractivity contribution in [2.24, 2.45) is 0 Å². The van der Waals surface area contributed by atoms with Crippen molar-refractivity contribution in [2.45, 2.75) is 44.7 Å². The molecule has 1 aromatic carbocycles. The molecule has 3 aromatic rings. The minimum atomic E-state index is -0.325. The van der Waals surface area contributed by atoms with E-state index in [9.17, 15) is 9.59 Å². The quantitative estimate of drug-likeness (QED) is 0.779. The Kier molecular flexibility index (Phi) is 4.51. The van der Waals surface area contributed by atoms with Crippen molar-refractivity contribution in [3.05, 3.63) is 47.0 Å². The number of rotatable bonds is 4. The third kappa shape index (κ3) is 3.24. The first-order valence-corrected chi connectivity index (χ1v) is 8.92. The van der Waals surface area contributed by atoms with Gasteiger partial charge in [0.2, 0.25) is 5.91 Å². The normalized spacial score (nSPS) is 15.2. The highest BCUT2D eigenvalue weighted by atomic mass is 16.5. The number of amides is 1. The molecule has 2 heterocycles. The lowest BCUT2D eigenvalue weighted by molar-refractivity contribution is -0.122. The van der Waals surface area contributed by atoms with Gasteiger partial charge in [-0.25, -0.2) is 4.98 Å². The van der Waals surface area contributed by atoms with Gasteiger partial charge in [0.25, 0.3) is 11.3 Å². The molecular weight excluding hydrogens is 332 g/mol. The van der Waals surface area contributed by atoms with Crippen LogP contribution in [0.4, 0.5) is 0 Å². The molecule has 26 heavy (non-hydrogen) atoms. The summed E-state index contributed by atoms with van der Waals surface area (Å²) in [5.41, 5.74) is 1.07. The van der Waals surface area contributed by atoms with Crippen molar-refractivity contribution in [2.75, 3.05) is 0 Å². The maximum atomic E-state index is 12.9. The van der Waals surface area contributed by atoms with Crippen LogP contribution in [0.3, 0.4) is 0 Å². The lowest BCUT2D eigenvalue weighted by atomic mass is 9.95. The van der Waals surface area contributed by atoms with Crippen LogP contribution in [0.25, 0.3) is 22.4 Å². The average molecular weight is 352 g/mol. The van der Waals surface area contributed by atoms with Gasteiger partial charge in [-0.05, 0) is 12.8 Å². The Morgan fingerprint density at radius 2 is 1.96 bits per heavy atom. The zero-order valence-electron chi connectivity index (χ0n) is 14.4. The number of aromatic nitrogens is 3. The van der Waals surface area contributed by atoms with E-state index in [0.29, 0.717) is 11.1 Å². The molecule has 0 unspecified atom stereocenters. The smallest absolute Gasteiger partial charge is 0.267 e. The van der Waals surface area contributed by atoms with E-state index in [1.165, 1.54) is 17.3 Å². The van der Waals surface area contributed by atoms with Crippen LogP contribution in [0, 0.1) is 0 Å². The Morgan fingerprint density at radius 3 is 2.73 bits per heavy atom. The van der Waals surface area contributed by atoms with E-state index >= 15 is 0 Å². The van der Waals surface area contributed by atoms with Crippen LogP contribution in [0.2, 0.25) is 0 Å². The standard InChI is InChI=1S/C19H20N4O3/c24-15(21-14-9-5-2-6-10-14)11-23-12-20-18-16(19(23)25)17(22-26-18)13-7-3-1-4-8-13/h1,3-4,7-8,12,14H,2,5-6,9-11H2,(H,21,24). The first kappa shape index (κ1) is 16.5. The van der Waals surface area contributed by atoms with Crippen molar-refractivity contribution in [1.82, 2.24) is 20.0 Å². The number of fused-ring (bicyclic) bond motifs is 1. The van der Waals surface area contributed by atoms with Crippen molar-refractivity contribution in [3.63, 3.8) is 0 Å². The van der Waals surface area contributed by atoms with E-state index in [1.54, 1.807) is 0 Å². The Hall–Kier alpha value is -2.96. The minimum Gasteiger partial charge on any atom is -0.352 e. The third-order valence-electron chi connectivity index (χ3n) is 4.79. The zero-order chi connectivity index (χ0) is 17.9. The van der Waals surface area contributed by atoms with Gasteiger partial charge < -0.3 is 9.84 Å². The predicted molar refractivity (Wildman–Crippen MR) is 96.5 cm³/mol. The van der Waals surface area contributed by atoms with Crippen LogP contribution in [-0.4, -0.2) is 26.7 Å². The Balaban J connectivity index is 1.61. The van der Waals surface area contributed by atoms with Crippen molar-refractivity contribution in [1.29, 1.82) is 0 Å². The van der Waals surface area contributed by atoms with Crippen molar-refractivity contribution >= 4 is 17.0 Å². The summed E-state index contributed by atoms with van der Waals surface area (Å²) in [4.78, 5) is 29.3. The fourth-order valence-electron chi connectivity index (χ4n) is 3.46. The molecule has 1 aliphatic rings. The molecular formula is C19H20N4O3. The lowest BCUT2D eigenvalue weighted by Gasteiger charge is -2.22. The Morgan fingerprint density at radius 1 is 1.19 bits per heavy atom. The summed E-state index contributed by atoms with van der Waals surface area (Å²) in [5.74, 6) is -0.169. The molecule has 0 bridgehead atoms. The number of nitrogens with zero attached hydrogens (tertiary/aromatic N) is 3. The monoisotopic (exact) mass is 352 g/mol. The summed E-state index contributed by atoms with van der Waals surface area (Å²) >= 11 is 0. The SMILES string of the molecule is O=C(Cn1cnc2onc(-c3ccccc3)c2c1=O)NC1CCCCC1. The Labute approximate surface area is 150 Å². The molecule has 0 aliphatic heterocycles. The third-order valence-corrected chi connectivity index (χ3v) is 4.79. The molecule has 1 N–H and O–H groups in total. The van der Waals surface area contributed by atoms with Crippen molar-refractivity contribution in [3.8, 4) is 11.3 Å². The average Bonchev–Trinajstić information content (AvgIpc) is 3.10. The van der Waals surface area contributed by atoms with Gasteiger partial charge in [-0.2, -0.15) is 0 Å². The van der Waals surface area contributed by atoms with Crippen LogP contribution < -0.4 is 10.9 Å². The molecule has 1 saturated carbocycles. The number of benzene rings is 1. The van der Waals surface area contributed by atoms with Gasteiger partial charge in [-0.3, -0.25) is 14.2 Å². The van der Waals surface area contributed by atoms with Crippen molar-refractivity contribution < 1.29 is 9.32 Å². The number of carbonyl (C=O) groups is 1. The lowest BCUT2D eigenvalue weighted by Crippen LogP contribution is -2.39. The number of hydrogen-bond acceptors (Lipinski definition) is 5. The molecule has 0 atom stereocenters. The fourth-order valence-corrected chi connectivity index (χ4v) is 3.46. The summed E-state index contributed by atoms with van der Waals surface area (Å²) in [6.07, 6.45) is 6.84. The highest BCUT2D eigenvalue weighted by Crippen LogP contribution is 2.23. The van der Waals surface area contributed by atoms with Gasteiger partial charge in [0.05, 0.1) is 0 Å². The molecule has 7 heteroatoms. The van der Waals surface area contributed by atoms with Crippen LogP contribution in [-0.2, 0) is 11.3 Å².